The van der Waals surface area contributed by atoms with Crippen molar-refractivity contribution in [3.63, 3.8) is 0 Å². The third-order valence-electron chi connectivity index (χ3n) is 5.43. The molecule has 0 saturated carbocycles. The van der Waals surface area contributed by atoms with Gasteiger partial charge in [0.2, 0.25) is 0 Å². The normalized spacial score (nSPS) is 27.4. The van der Waals surface area contributed by atoms with Crippen LogP contribution in [-0.4, -0.2) is 16.6 Å². The molecule has 22 heavy (non-hydrogen) atoms. The fraction of sp³-hybridized carbons (Fsp3) is 0.400. The first-order valence-corrected chi connectivity index (χ1v) is 8.45. The molecule has 2 aromatic carbocycles. The van der Waals surface area contributed by atoms with Gasteiger partial charge in [-0.15, -0.1) is 0 Å². The standard InChI is InChI=1S/C20H24N2/c1-3-7-17(8-4-1)15-21-20-13-11-19(12-14-20)22(20)16-18-9-5-2-6-10-18/h1-10,19,21H,11-16H2. The van der Waals surface area contributed by atoms with Crippen LogP contribution in [0.25, 0.3) is 0 Å². The fourth-order valence-corrected chi connectivity index (χ4v) is 4.23. The molecule has 4 rings (SSSR count). The molecular weight excluding hydrogens is 268 g/mol. The first kappa shape index (κ1) is 14.0. The number of fused-ring (bicyclic) bond motifs is 2. The molecule has 0 aromatic heterocycles. The van der Waals surface area contributed by atoms with Gasteiger partial charge in [0.15, 0.2) is 0 Å². The van der Waals surface area contributed by atoms with Crippen LogP contribution < -0.4 is 5.32 Å². The second-order valence-electron chi connectivity index (χ2n) is 6.72. The minimum atomic E-state index is 0.219. The highest BCUT2D eigenvalue weighted by Crippen LogP contribution is 2.45. The summed E-state index contributed by atoms with van der Waals surface area (Å²) < 4.78 is 0. The zero-order valence-electron chi connectivity index (χ0n) is 13.0. The molecule has 2 heteroatoms. The summed E-state index contributed by atoms with van der Waals surface area (Å²) in [7, 11) is 0. The summed E-state index contributed by atoms with van der Waals surface area (Å²) in [4.78, 5) is 2.73. The lowest BCUT2D eigenvalue weighted by atomic mass is 9.95. The van der Waals surface area contributed by atoms with Crippen LogP contribution in [0.1, 0.15) is 36.8 Å². The van der Waals surface area contributed by atoms with Crippen LogP contribution in [0.4, 0.5) is 0 Å². The SMILES string of the molecule is c1ccc(CNC23CCC(CC2)N3Cc2ccccc2)cc1. The first-order chi connectivity index (χ1) is 10.9. The summed E-state index contributed by atoms with van der Waals surface area (Å²) in [6.45, 7) is 2.05. The van der Waals surface area contributed by atoms with Crippen LogP contribution in [0.5, 0.6) is 0 Å². The van der Waals surface area contributed by atoms with Gasteiger partial charge in [-0.1, -0.05) is 60.7 Å². The highest BCUT2D eigenvalue weighted by atomic mass is 15.4. The molecule has 2 bridgehead atoms. The maximum absolute atomic E-state index is 3.90. The highest BCUT2D eigenvalue weighted by molar-refractivity contribution is 5.18. The Labute approximate surface area is 133 Å². The predicted octanol–water partition coefficient (Wildman–Crippen LogP) is 3.93. The summed E-state index contributed by atoms with van der Waals surface area (Å²) in [6, 6.07) is 22.4. The number of benzene rings is 2. The molecule has 1 N–H and O–H groups in total. The van der Waals surface area contributed by atoms with Crippen molar-refractivity contribution in [2.45, 2.75) is 50.5 Å². The van der Waals surface area contributed by atoms with E-state index in [4.69, 9.17) is 0 Å². The molecule has 2 aliphatic rings. The van der Waals surface area contributed by atoms with Crippen LogP contribution in [0.15, 0.2) is 60.7 Å². The Bertz CT molecular complexity index is 600. The third kappa shape index (κ3) is 2.57. The Morgan fingerprint density at radius 3 is 2.09 bits per heavy atom. The Kier molecular flexibility index (Phi) is 3.73. The van der Waals surface area contributed by atoms with Crippen LogP contribution in [-0.2, 0) is 13.1 Å². The Morgan fingerprint density at radius 2 is 1.45 bits per heavy atom. The summed E-state index contributed by atoms with van der Waals surface area (Å²) in [5, 5.41) is 3.90. The van der Waals surface area contributed by atoms with E-state index in [1.807, 2.05) is 0 Å². The van der Waals surface area contributed by atoms with Gasteiger partial charge in [0, 0.05) is 19.1 Å². The first-order valence-electron chi connectivity index (χ1n) is 8.45. The Hall–Kier alpha value is -1.64. The van der Waals surface area contributed by atoms with Gasteiger partial charge >= 0.3 is 0 Å². The van der Waals surface area contributed by atoms with Gasteiger partial charge in [0.1, 0.15) is 0 Å². The van der Waals surface area contributed by atoms with Crippen molar-refractivity contribution in [2.24, 2.45) is 0 Å². The molecule has 2 aliphatic heterocycles. The maximum Gasteiger partial charge on any atom is 0.0721 e. The smallest absolute Gasteiger partial charge is 0.0721 e. The number of hydrogen-bond acceptors (Lipinski definition) is 2. The number of nitrogens with one attached hydrogen (secondary N) is 1. The zero-order valence-corrected chi connectivity index (χ0v) is 13.0. The van der Waals surface area contributed by atoms with Gasteiger partial charge < -0.3 is 0 Å². The monoisotopic (exact) mass is 292 g/mol. The van der Waals surface area contributed by atoms with E-state index in [0.29, 0.717) is 0 Å². The van der Waals surface area contributed by atoms with Gasteiger partial charge in [-0.3, -0.25) is 10.2 Å². The van der Waals surface area contributed by atoms with Gasteiger partial charge in [0.05, 0.1) is 5.66 Å². The molecule has 0 radical (unpaired) electrons. The van der Waals surface area contributed by atoms with E-state index in [1.165, 1.54) is 36.8 Å². The largest absolute Gasteiger partial charge is 0.295 e. The number of rotatable bonds is 5. The average molecular weight is 292 g/mol. The van der Waals surface area contributed by atoms with Gasteiger partial charge in [0.25, 0.3) is 0 Å². The summed E-state index contributed by atoms with van der Waals surface area (Å²) >= 11 is 0. The van der Waals surface area contributed by atoms with Gasteiger partial charge in [-0.2, -0.15) is 0 Å². The topological polar surface area (TPSA) is 15.3 Å². The lowest BCUT2D eigenvalue weighted by Gasteiger charge is -2.36. The molecule has 0 spiro atoms. The molecular formula is C20H24N2. The highest BCUT2D eigenvalue weighted by Gasteiger charge is 2.50. The van der Waals surface area contributed by atoms with E-state index >= 15 is 0 Å². The lowest BCUT2D eigenvalue weighted by Crippen LogP contribution is -2.52. The van der Waals surface area contributed by atoms with Crippen molar-refractivity contribution < 1.29 is 0 Å². The molecule has 0 aliphatic carbocycles. The quantitative estimate of drug-likeness (QED) is 0.898. The predicted molar refractivity (Wildman–Crippen MR) is 90.3 cm³/mol. The third-order valence-corrected chi connectivity index (χ3v) is 5.43. The molecule has 0 amide bonds. The van der Waals surface area contributed by atoms with E-state index in [9.17, 15) is 0 Å². The number of nitrogens with zero attached hydrogens (tertiary/aromatic N) is 1. The number of hydrogen-bond donors (Lipinski definition) is 1. The fourth-order valence-electron chi connectivity index (χ4n) is 4.23. The summed E-state index contributed by atoms with van der Waals surface area (Å²) in [5.41, 5.74) is 3.03. The van der Waals surface area contributed by atoms with Crippen molar-refractivity contribution in [3.8, 4) is 0 Å². The summed E-state index contributed by atoms with van der Waals surface area (Å²) in [6.07, 6.45) is 5.26. The average Bonchev–Trinajstić information content (AvgIpc) is 3.10. The van der Waals surface area contributed by atoms with Gasteiger partial charge in [-0.05, 0) is 36.8 Å². The second kappa shape index (κ2) is 5.86. The van der Waals surface area contributed by atoms with Crippen LogP contribution in [0, 0.1) is 0 Å². The van der Waals surface area contributed by atoms with Crippen LogP contribution in [0.2, 0.25) is 0 Å². The molecule has 0 atom stereocenters. The van der Waals surface area contributed by atoms with Crippen molar-refractivity contribution in [1.29, 1.82) is 0 Å². The lowest BCUT2D eigenvalue weighted by molar-refractivity contribution is 0.106. The molecule has 114 valence electrons. The van der Waals surface area contributed by atoms with E-state index in [2.05, 4.69) is 70.9 Å². The molecule has 2 aromatic rings. The van der Waals surface area contributed by atoms with E-state index in [1.54, 1.807) is 0 Å². The van der Waals surface area contributed by atoms with Crippen molar-refractivity contribution in [3.05, 3.63) is 71.8 Å². The summed E-state index contributed by atoms with van der Waals surface area (Å²) in [5.74, 6) is 0. The van der Waals surface area contributed by atoms with Gasteiger partial charge in [-0.25, -0.2) is 0 Å². The molecule has 2 nitrogen and oxygen atoms in total. The van der Waals surface area contributed by atoms with Crippen LogP contribution >= 0.6 is 0 Å². The minimum Gasteiger partial charge on any atom is -0.295 e. The second-order valence-corrected chi connectivity index (χ2v) is 6.72. The van der Waals surface area contributed by atoms with Crippen molar-refractivity contribution in [2.75, 3.05) is 0 Å². The van der Waals surface area contributed by atoms with Crippen molar-refractivity contribution in [1.82, 2.24) is 10.2 Å². The van der Waals surface area contributed by atoms with E-state index in [-0.39, 0.29) is 5.66 Å². The molecule has 2 saturated heterocycles. The van der Waals surface area contributed by atoms with Crippen LogP contribution in [0.3, 0.4) is 0 Å². The Morgan fingerprint density at radius 1 is 0.864 bits per heavy atom. The molecule has 0 unspecified atom stereocenters. The zero-order chi connectivity index (χ0) is 14.8. The molecule has 2 heterocycles. The minimum absolute atomic E-state index is 0.219. The molecule has 2 fully saturated rings. The van der Waals surface area contributed by atoms with Crippen molar-refractivity contribution >= 4 is 0 Å². The maximum atomic E-state index is 3.90. The Balaban J connectivity index is 1.49. The van der Waals surface area contributed by atoms with E-state index < -0.39 is 0 Å². The van der Waals surface area contributed by atoms with E-state index in [0.717, 1.165) is 19.1 Å².